The Morgan fingerprint density at radius 2 is 1.83 bits per heavy atom. The molecule has 0 fully saturated rings. The first-order chi connectivity index (χ1) is 8.49. The summed E-state index contributed by atoms with van der Waals surface area (Å²) in [5.41, 5.74) is 2.36. The second-order valence-corrected chi connectivity index (χ2v) is 5.33. The summed E-state index contributed by atoms with van der Waals surface area (Å²) in [4.78, 5) is 13.4. The number of aryl methyl sites for hydroxylation is 1. The van der Waals surface area contributed by atoms with E-state index in [1.165, 1.54) is 10.6 Å². The molecule has 0 amide bonds. The van der Waals surface area contributed by atoms with Gasteiger partial charge in [0.25, 0.3) is 5.69 Å². The second-order valence-electron chi connectivity index (χ2n) is 4.30. The lowest BCUT2D eigenvalue weighted by molar-refractivity contribution is -0.384. The van der Waals surface area contributed by atoms with Gasteiger partial charge in [0.2, 0.25) is 0 Å². The second kappa shape index (κ2) is 4.78. The van der Waals surface area contributed by atoms with Crippen LogP contribution in [0.25, 0.3) is 10.4 Å². The molecule has 18 heavy (non-hydrogen) atoms. The molecule has 0 aliphatic carbocycles. The van der Waals surface area contributed by atoms with Crippen LogP contribution >= 0.6 is 11.3 Å². The normalized spacial score (nSPS) is 10.4. The minimum absolute atomic E-state index is 0.125. The van der Waals surface area contributed by atoms with Crippen molar-refractivity contribution in [2.75, 3.05) is 19.0 Å². The van der Waals surface area contributed by atoms with Crippen LogP contribution in [0.3, 0.4) is 0 Å². The van der Waals surface area contributed by atoms with Gasteiger partial charge >= 0.3 is 0 Å². The molecule has 5 heteroatoms. The van der Waals surface area contributed by atoms with Gasteiger partial charge in [0.05, 0.1) is 9.92 Å². The predicted molar refractivity (Wildman–Crippen MR) is 75.5 cm³/mol. The average molecular weight is 262 g/mol. The van der Waals surface area contributed by atoms with Crippen molar-refractivity contribution in [3.63, 3.8) is 0 Å². The summed E-state index contributed by atoms with van der Waals surface area (Å²) in [6, 6.07) is 8.78. The van der Waals surface area contributed by atoms with E-state index in [9.17, 15) is 10.1 Å². The highest BCUT2D eigenvalue weighted by Crippen LogP contribution is 2.36. The van der Waals surface area contributed by atoms with Gasteiger partial charge in [-0.3, -0.25) is 10.1 Å². The number of nitrogens with zero attached hydrogens (tertiary/aromatic N) is 2. The summed E-state index contributed by atoms with van der Waals surface area (Å²) in [5, 5.41) is 11.8. The molecule has 0 spiro atoms. The van der Waals surface area contributed by atoms with Crippen LogP contribution < -0.4 is 4.90 Å². The van der Waals surface area contributed by atoms with E-state index in [1.54, 1.807) is 35.6 Å². The molecule has 2 aromatic rings. The van der Waals surface area contributed by atoms with Crippen LogP contribution in [0.5, 0.6) is 0 Å². The molecule has 1 heterocycles. The third kappa shape index (κ3) is 2.36. The Bertz CT molecular complexity index is 573. The van der Waals surface area contributed by atoms with Crippen molar-refractivity contribution in [3.05, 3.63) is 46.0 Å². The quantitative estimate of drug-likeness (QED) is 0.626. The van der Waals surface area contributed by atoms with Gasteiger partial charge < -0.3 is 4.90 Å². The number of nitro benzene ring substituents is 1. The van der Waals surface area contributed by atoms with E-state index < -0.39 is 0 Å². The number of nitro groups is 1. The Kier molecular flexibility index (Phi) is 3.34. The van der Waals surface area contributed by atoms with Gasteiger partial charge in [-0.05, 0) is 36.2 Å². The van der Waals surface area contributed by atoms with E-state index in [0.717, 1.165) is 10.4 Å². The SMILES string of the molecule is Cc1cc(-c2ccc([N+](=O)[O-])cc2)sc1N(C)C. The number of thiophene rings is 1. The molecular formula is C13H14N2O2S. The number of anilines is 1. The van der Waals surface area contributed by atoms with Gasteiger partial charge in [-0.1, -0.05) is 0 Å². The minimum atomic E-state index is -0.380. The zero-order valence-corrected chi connectivity index (χ0v) is 11.3. The fourth-order valence-corrected chi connectivity index (χ4v) is 2.91. The van der Waals surface area contributed by atoms with Crippen LogP contribution in [0.1, 0.15) is 5.56 Å². The van der Waals surface area contributed by atoms with E-state index in [0.29, 0.717) is 0 Å². The van der Waals surface area contributed by atoms with Crippen LogP contribution in [0.4, 0.5) is 10.7 Å². The summed E-state index contributed by atoms with van der Waals surface area (Å²) in [6.07, 6.45) is 0. The smallest absolute Gasteiger partial charge is 0.269 e. The Balaban J connectivity index is 2.37. The molecule has 94 valence electrons. The summed E-state index contributed by atoms with van der Waals surface area (Å²) < 4.78 is 0. The number of hydrogen-bond donors (Lipinski definition) is 0. The maximum absolute atomic E-state index is 10.6. The van der Waals surface area contributed by atoms with Crippen LogP contribution in [0.15, 0.2) is 30.3 Å². The molecule has 1 aromatic carbocycles. The Morgan fingerprint density at radius 1 is 1.22 bits per heavy atom. The lowest BCUT2D eigenvalue weighted by atomic mass is 10.1. The van der Waals surface area contributed by atoms with Gasteiger partial charge in [0.1, 0.15) is 0 Å². The van der Waals surface area contributed by atoms with Crippen LogP contribution in [0.2, 0.25) is 0 Å². The summed E-state index contributed by atoms with van der Waals surface area (Å²) >= 11 is 1.69. The third-order valence-electron chi connectivity index (χ3n) is 2.66. The molecule has 2 rings (SSSR count). The fourth-order valence-electron chi connectivity index (χ4n) is 1.81. The average Bonchev–Trinajstić information content (AvgIpc) is 2.71. The van der Waals surface area contributed by atoms with Crippen molar-refractivity contribution in [1.29, 1.82) is 0 Å². The van der Waals surface area contributed by atoms with E-state index in [2.05, 4.69) is 17.9 Å². The number of benzene rings is 1. The molecule has 0 unspecified atom stereocenters. The largest absolute Gasteiger partial charge is 0.369 e. The van der Waals surface area contributed by atoms with Crippen molar-refractivity contribution in [2.45, 2.75) is 6.92 Å². The molecule has 4 nitrogen and oxygen atoms in total. The fraction of sp³-hybridized carbons (Fsp3) is 0.231. The summed E-state index contributed by atoms with van der Waals surface area (Å²) in [5.74, 6) is 0. The zero-order valence-electron chi connectivity index (χ0n) is 10.5. The first-order valence-electron chi connectivity index (χ1n) is 5.51. The van der Waals surface area contributed by atoms with Gasteiger partial charge in [-0.25, -0.2) is 0 Å². The van der Waals surface area contributed by atoms with E-state index in [1.807, 2.05) is 14.1 Å². The highest BCUT2D eigenvalue weighted by atomic mass is 32.1. The van der Waals surface area contributed by atoms with Gasteiger partial charge in [-0.2, -0.15) is 0 Å². The minimum Gasteiger partial charge on any atom is -0.369 e. The Morgan fingerprint density at radius 3 is 2.28 bits per heavy atom. The predicted octanol–water partition coefficient (Wildman–Crippen LogP) is 3.70. The lowest BCUT2D eigenvalue weighted by Crippen LogP contribution is -2.07. The highest BCUT2D eigenvalue weighted by Gasteiger charge is 2.10. The van der Waals surface area contributed by atoms with Crippen LogP contribution in [0, 0.1) is 17.0 Å². The lowest BCUT2D eigenvalue weighted by Gasteiger charge is -2.09. The first-order valence-corrected chi connectivity index (χ1v) is 6.33. The van der Waals surface area contributed by atoms with Crippen molar-refractivity contribution in [2.24, 2.45) is 0 Å². The third-order valence-corrected chi connectivity index (χ3v) is 4.11. The standard InChI is InChI=1S/C13H14N2O2S/c1-9-8-12(18-13(9)14(2)3)10-4-6-11(7-5-10)15(16)17/h4-8H,1-3H3. The number of rotatable bonds is 3. The van der Waals surface area contributed by atoms with Crippen LogP contribution in [-0.2, 0) is 0 Å². The summed E-state index contributed by atoms with van der Waals surface area (Å²) in [7, 11) is 4.02. The monoisotopic (exact) mass is 262 g/mol. The van der Waals surface area contributed by atoms with Crippen molar-refractivity contribution < 1.29 is 4.92 Å². The van der Waals surface area contributed by atoms with Crippen molar-refractivity contribution in [1.82, 2.24) is 0 Å². The Labute approximate surface area is 110 Å². The van der Waals surface area contributed by atoms with Gasteiger partial charge in [0.15, 0.2) is 0 Å². The molecule has 0 atom stereocenters. The molecule has 1 aromatic heterocycles. The van der Waals surface area contributed by atoms with Gasteiger partial charge in [0, 0.05) is 31.1 Å². The zero-order chi connectivity index (χ0) is 13.3. The van der Waals surface area contributed by atoms with E-state index in [4.69, 9.17) is 0 Å². The maximum Gasteiger partial charge on any atom is 0.269 e. The number of hydrogen-bond acceptors (Lipinski definition) is 4. The highest BCUT2D eigenvalue weighted by molar-refractivity contribution is 7.19. The Hall–Kier alpha value is -1.88. The molecule has 0 bridgehead atoms. The molecule has 0 radical (unpaired) electrons. The molecular weight excluding hydrogens is 248 g/mol. The summed E-state index contributed by atoms with van der Waals surface area (Å²) in [6.45, 7) is 2.07. The molecule has 0 N–H and O–H groups in total. The van der Waals surface area contributed by atoms with Gasteiger partial charge in [-0.15, -0.1) is 11.3 Å². The topological polar surface area (TPSA) is 46.4 Å². The van der Waals surface area contributed by atoms with E-state index in [-0.39, 0.29) is 10.6 Å². The molecule has 0 saturated heterocycles. The van der Waals surface area contributed by atoms with Crippen molar-refractivity contribution >= 4 is 22.0 Å². The number of non-ortho nitro benzene ring substituents is 1. The molecule has 0 aliphatic rings. The van der Waals surface area contributed by atoms with Crippen LogP contribution in [-0.4, -0.2) is 19.0 Å². The first kappa shape index (κ1) is 12.6. The maximum atomic E-state index is 10.6. The molecule has 0 saturated carbocycles. The van der Waals surface area contributed by atoms with Crippen molar-refractivity contribution in [3.8, 4) is 10.4 Å². The molecule has 0 aliphatic heterocycles. The van der Waals surface area contributed by atoms with E-state index >= 15 is 0 Å².